The highest BCUT2D eigenvalue weighted by Gasteiger charge is 2.30. The van der Waals surface area contributed by atoms with Crippen LogP contribution in [0.2, 0.25) is 0 Å². The van der Waals surface area contributed by atoms with Gasteiger partial charge in [-0.1, -0.05) is 78.3 Å². The lowest BCUT2D eigenvalue weighted by Crippen LogP contribution is -2.51. The predicted molar refractivity (Wildman–Crippen MR) is 152 cm³/mol. The first kappa shape index (κ1) is 27.7. The molecular weight excluding hydrogens is 544 g/mol. The highest BCUT2D eigenvalue weighted by molar-refractivity contribution is 9.10. The third-order valence-electron chi connectivity index (χ3n) is 6.46. The molecule has 0 saturated carbocycles. The summed E-state index contributed by atoms with van der Waals surface area (Å²) >= 11 is 3.48. The van der Waals surface area contributed by atoms with Crippen LogP contribution in [0.3, 0.4) is 0 Å². The zero-order valence-corrected chi connectivity index (χ0v) is 23.6. The standard InChI is InChI=1S/C31H35BrN2O4/c1-22(2)20-33-31(36)27(18-23-6-4-3-5-7-23)34(21-25-8-12-26(32)13-9-25)30(35)15-11-24-10-14-28-29(19-24)38-17-16-37-28/h3-10,12-14,19,22,27H,11,15-18,20-21H2,1-2H3,(H,33,36)/t27-/m1/s1. The number of hydrogen-bond acceptors (Lipinski definition) is 4. The molecule has 0 unspecified atom stereocenters. The molecule has 4 rings (SSSR count). The Hall–Kier alpha value is -3.32. The van der Waals surface area contributed by atoms with Crippen LogP contribution < -0.4 is 14.8 Å². The second-order valence-electron chi connectivity index (χ2n) is 9.97. The highest BCUT2D eigenvalue weighted by Crippen LogP contribution is 2.31. The maximum Gasteiger partial charge on any atom is 0.243 e. The zero-order chi connectivity index (χ0) is 26.9. The fraction of sp³-hybridized carbons (Fsp3) is 0.355. The van der Waals surface area contributed by atoms with Crippen LogP contribution in [0.1, 0.15) is 37.0 Å². The number of amides is 2. The van der Waals surface area contributed by atoms with E-state index in [1.165, 1.54) is 0 Å². The maximum atomic E-state index is 13.8. The molecule has 0 spiro atoms. The molecule has 1 atom stereocenters. The van der Waals surface area contributed by atoms with Crippen molar-refractivity contribution >= 4 is 27.7 Å². The van der Waals surface area contributed by atoms with Gasteiger partial charge in [0.15, 0.2) is 11.5 Å². The summed E-state index contributed by atoms with van der Waals surface area (Å²) in [4.78, 5) is 29.1. The Morgan fingerprint density at radius 3 is 2.29 bits per heavy atom. The summed E-state index contributed by atoms with van der Waals surface area (Å²) in [5, 5.41) is 3.07. The Kier molecular flexibility index (Phi) is 9.82. The van der Waals surface area contributed by atoms with Crippen molar-refractivity contribution in [2.75, 3.05) is 19.8 Å². The fourth-order valence-corrected chi connectivity index (χ4v) is 4.67. The number of nitrogens with zero attached hydrogens (tertiary/aromatic N) is 1. The average Bonchev–Trinajstić information content (AvgIpc) is 2.93. The Morgan fingerprint density at radius 2 is 1.58 bits per heavy atom. The van der Waals surface area contributed by atoms with E-state index in [9.17, 15) is 9.59 Å². The first-order valence-corrected chi connectivity index (χ1v) is 13.9. The van der Waals surface area contributed by atoms with E-state index >= 15 is 0 Å². The van der Waals surface area contributed by atoms with Crippen molar-refractivity contribution in [1.29, 1.82) is 0 Å². The first-order chi connectivity index (χ1) is 18.4. The van der Waals surface area contributed by atoms with Gasteiger partial charge in [-0.2, -0.15) is 0 Å². The van der Waals surface area contributed by atoms with E-state index in [0.29, 0.717) is 50.8 Å². The Balaban J connectivity index is 1.58. The van der Waals surface area contributed by atoms with Crippen LogP contribution in [0.15, 0.2) is 77.3 Å². The molecule has 7 heteroatoms. The second kappa shape index (κ2) is 13.5. The molecule has 1 N–H and O–H groups in total. The van der Waals surface area contributed by atoms with E-state index in [-0.39, 0.29) is 18.2 Å². The number of aryl methyl sites for hydroxylation is 1. The number of rotatable bonds is 11. The number of carbonyl (C=O) groups is 2. The smallest absolute Gasteiger partial charge is 0.243 e. The molecule has 1 aliphatic rings. The van der Waals surface area contributed by atoms with Crippen molar-refractivity contribution in [3.63, 3.8) is 0 Å². The van der Waals surface area contributed by atoms with Gasteiger partial charge < -0.3 is 19.7 Å². The summed E-state index contributed by atoms with van der Waals surface area (Å²) in [6.07, 6.45) is 1.26. The summed E-state index contributed by atoms with van der Waals surface area (Å²) in [7, 11) is 0. The number of hydrogen-bond donors (Lipinski definition) is 1. The molecule has 6 nitrogen and oxygen atoms in total. The van der Waals surface area contributed by atoms with Gasteiger partial charge in [0.2, 0.25) is 11.8 Å². The summed E-state index contributed by atoms with van der Waals surface area (Å²) < 4.78 is 12.3. The molecule has 0 fully saturated rings. The molecule has 0 bridgehead atoms. The van der Waals surface area contributed by atoms with Gasteiger partial charge in [-0.15, -0.1) is 0 Å². The minimum absolute atomic E-state index is 0.0663. The molecule has 3 aromatic carbocycles. The van der Waals surface area contributed by atoms with Crippen molar-refractivity contribution in [1.82, 2.24) is 10.2 Å². The highest BCUT2D eigenvalue weighted by atomic mass is 79.9. The van der Waals surface area contributed by atoms with Gasteiger partial charge in [-0.05, 0) is 53.3 Å². The molecule has 3 aromatic rings. The van der Waals surface area contributed by atoms with Crippen LogP contribution in [-0.2, 0) is 29.0 Å². The third-order valence-corrected chi connectivity index (χ3v) is 6.98. The largest absolute Gasteiger partial charge is 0.486 e. The van der Waals surface area contributed by atoms with E-state index in [4.69, 9.17) is 9.47 Å². The number of nitrogens with one attached hydrogen (secondary N) is 1. The van der Waals surface area contributed by atoms with E-state index in [2.05, 4.69) is 35.1 Å². The molecule has 0 aliphatic carbocycles. The SMILES string of the molecule is CC(C)CNC(=O)[C@@H](Cc1ccccc1)N(Cc1ccc(Br)cc1)C(=O)CCc1ccc2c(c1)OCCO2. The molecule has 200 valence electrons. The second-order valence-corrected chi connectivity index (χ2v) is 10.9. The summed E-state index contributed by atoms with van der Waals surface area (Å²) in [6, 6.07) is 22.9. The van der Waals surface area contributed by atoms with E-state index in [1.54, 1.807) is 4.90 Å². The van der Waals surface area contributed by atoms with Crippen LogP contribution in [0.5, 0.6) is 11.5 Å². The summed E-state index contributed by atoms with van der Waals surface area (Å²) in [6.45, 7) is 6.08. The molecule has 38 heavy (non-hydrogen) atoms. The Bertz CT molecular complexity index is 1210. The minimum Gasteiger partial charge on any atom is -0.486 e. The predicted octanol–water partition coefficient (Wildman–Crippen LogP) is 5.57. The quantitative estimate of drug-likeness (QED) is 0.323. The molecule has 2 amide bonds. The summed E-state index contributed by atoms with van der Waals surface area (Å²) in [5.74, 6) is 1.55. The molecular formula is C31H35BrN2O4. The number of halogens is 1. The first-order valence-electron chi connectivity index (χ1n) is 13.1. The van der Waals surface area contributed by atoms with Crippen molar-refractivity contribution in [2.24, 2.45) is 5.92 Å². The van der Waals surface area contributed by atoms with Crippen molar-refractivity contribution in [3.8, 4) is 11.5 Å². The zero-order valence-electron chi connectivity index (χ0n) is 22.0. The lowest BCUT2D eigenvalue weighted by molar-refractivity contribution is -0.141. The van der Waals surface area contributed by atoms with Crippen molar-refractivity contribution < 1.29 is 19.1 Å². The average molecular weight is 580 g/mol. The van der Waals surface area contributed by atoms with Crippen LogP contribution in [0.4, 0.5) is 0 Å². The Labute approximate surface area is 233 Å². The lowest BCUT2D eigenvalue weighted by atomic mass is 10.0. The third kappa shape index (κ3) is 7.84. The van der Waals surface area contributed by atoms with E-state index < -0.39 is 6.04 Å². The maximum absolute atomic E-state index is 13.8. The van der Waals surface area contributed by atoms with Gasteiger partial charge in [0.1, 0.15) is 19.3 Å². The van der Waals surface area contributed by atoms with E-state index in [0.717, 1.165) is 26.9 Å². The van der Waals surface area contributed by atoms with Crippen LogP contribution in [-0.4, -0.2) is 42.5 Å². The number of fused-ring (bicyclic) bond motifs is 1. The van der Waals surface area contributed by atoms with Crippen LogP contribution in [0, 0.1) is 5.92 Å². The number of carbonyl (C=O) groups excluding carboxylic acids is 2. The van der Waals surface area contributed by atoms with E-state index in [1.807, 2.05) is 72.8 Å². The van der Waals surface area contributed by atoms with Crippen LogP contribution >= 0.6 is 15.9 Å². The molecule has 0 saturated heterocycles. The minimum atomic E-state index is -0.632. The summed E-state index contributed by atoms with van der Waals surface area (Å²) in [5.41, 5.74) is 2.98. The topological polar surface area (TPSA) is 67.9 Å². The van der Waals surface area contributed by atoms with Gasteiger partial charge >= 0.3 is 0 Å². The van der Waals surface area contributed by atoms with Gasteiger partial charge in [-0.25, -0.2) is 0 Å². The van der Waals surface area contributed by atoms with Gasteiger partial charge in [0.05, 0.1) is 0 Å². The number of benzene rings is 3. The monoisotopic (exact) mass is 578 g/mol. The normalized spacial score (nSPS) is 13.2. The molecule has 0 radical (unpaired) electrons. The number of ether oxygens (including phenoxy) is 2. The molecule has 1 heterocycles. The van der Waals surface area contributed by atoms with Gasteiger partial charge in [0.25, 0.3) is 0 Å². The molecule has 1 aliphatic heterocycles. The Morgan fingerprint density at radius 1 is 0.895 bits per heavy atom. The van der Waals surface area contributed by atoms with Crippen molar-refractivity contribution in [2.45, 2.75) is 45.7 Å². The van der Waals surface area contributed by atoms with Crippen molar-refractivity contribution in [3.05, 3.63) is 94.0 Å². The fourth-order valence-electron chi connectivity index (χ4n) is 4.40. The lowest BCUT2D eigenvalue weighted by Gasteiger charge is -2.32. The van der Waals surface area contributed by atoms with Crippen LogP contribution in [0.25, 0.3) is 0 Å². The molecule has 0 aromatic heterocycles. The van der Waals surface area contributed by atoms with Gasteiger partial charge in [-0.3, -0.25) is 9.59 Å². The van der Waals surface area contributed by atoms with Gasteiger partial charge in [0, 0.05) is 30.4 Å².